The lowest BCUT2D eigenvalue weighted by atomic mass is 9.95. The Hall–Kier alpha value is -1.88. The topological polar surface area (TPSA) is 58.4 Å². The van der Waals surface area contributed by atoms with Crippen LogP contribution in [0.25, 0.3) is 5.57 Å². The van der Waals surface area contributed by atoms with E-state index >= 15 is 0 Å². The molecule has 24 heavy (non-hydrogen) atoms. The molecule has 0 spiro atoms. The number of hydrogen-bond acceptors (Lipinski definition) is 3. The van der Waals surface area contributed by atoms with E-state index in [9.17, 15) is 9.18 Å². The number of carbonyl (C=O) groups is 1. The summed E-state index contributed by atoms with van der Waals surface area (Å²) in [6.45, 7) is 8.69. The molecule has 1 aliphatic heterocycles. The number of hydrogen-bond donors (Lipinski definition) is 2. The van der Waals surface area contributed by atoms with Gasteiger partial charge in [0.2, 0.25) is 5.91 Å². The number of allylic oxidation sites excluding steroid dienone is 2. The first-order valence-corrected chi connectivity index (χ1v) is 8.74. The Morgan fingerprint density at radius 2 is 2.21 bits per heavy atom. The molecule has 3 rings (SSSR count). The number of likely N-dealkylation sites (N-methyl/N-ethyl adjacent to an activating group) is 1. The molecule has 2 aliphatic rings. The third-order valence-electron chi connectivity index (χ3n) is 5.31. The Kier molecular flexibility index (Phi) is 4.63. The van der Waals surface area contributed by atoms with E-state index in [1.807, 2.05) is 13.8 Å². The van der Waals surface area contributed by atoms with E-state index in [0.717, 1.165) is 49.2 Å². The van der Waals surface area contributed by atoms with Crippen molar-refractivity contribution in [2.75, 3.05) is 24.5 Å². The fourth-order valence-electron chi connectivity index (χ4n) is 4.04. The summed E-state index contributed by atoms with van der Waals surface area (Å²) in [6, 6.07) is 1.71. The van der Waals surface area contributed by atoms with Crippen molar-refractivity contribution >= 4 is 17.2 Å². The molecule has 0 bridgehead atoms. The number of primary amides is 1. The van der Waals surface area contributed by atoms with Crippen LogP contribution in [0.3, 0.4) is 0 Å². The first-order valence-electron chi connectivity index (χ1n) is 8.74. The molecule has 0 saturated carbocycles. The molecule has 1 aromatic rings. The highest BCUT2D eigenvalue weighted by molar-refractivity contribution is 5.99. The van der Waals surface area contributed by atoms with Crippen molar-refractivity contribution in [2.24, 2.45) is 5.73 Å². The lowest BCUT2D eigenvalue weighted by molar-refractivity contribution is 0.0999. The molecule has 0 aromatic heterocycles. The van der Waals surface area contributed by atoms with Crippen LogP contribution in [0.15, 0.2) is 11.6 Å². The molecule has 1 saturated heterocycles. The van der Waals surface area contributed by atoms with E-state index in [2.05, 4.69) is 17.1 Å². The van der Waals surface area contributed by atoms with Gasteiger partial charge in [-0.15, -0.1) is 0 Å². The summed E-state index contributed by atoms with van der Waals surface area (Å²) in [6.07, 6.45) is 2.82. The molecular weight excluding hydrogens is 305 g/mol. The van der Waals surface area contributed by atoms with Crippen molar-refractivity contribution in [2.45, 2.75) is 46.1 Å². The molecule has 5 heteroatoms. The van der Waals surface area contributed by atoms with E-state index in [1.54, 1.807) is 0 Å². The van der Waals surface area contributed by atoms with Crippen LogP contribution in [0.2, 0.25) is 0 Å². The summed E-state index contributed by atoms with van der Waals surface area (Å²) in [5, 5.41) is 3.47. The predicted molar refractivity (Wildman–Crippen MR) is 95.8 cm³/mol. The van der Waals surface area contributed by atoms with Crippen LogP contribution >= 0.6 is 0 Å². The van der Waals surface area contributed by atoms with Crippen LogP contribution in [0.4, 0.5) is 10.1 Å². The minimum atomic E-state index is -0.552. The Balaban J connectivity index is 2.09. The number of nitrogens with one attached hydrogen (secondary N) is 1. The van der Waals surface area contributed by atoms with Gasteiger partial charge in [0, 0.05) is 30.3 Å². The second-order valence-electron chi connectivity index (χ2n) is 6.90. The Morgan fingerprint density at radius 1 is 1.46 bits per heavy atom. The van der Waals surface area contributed by atoms with Gasteiger partial charge in [0.1, 0.15) is 5.82 Å². The zero-order chi connectivity index (χ0) is 17.4. The molecule has 0 unspecified atom stereocenters. The minimum Gasteiger partial charge on any atom is -0.367 e. The Labute approximate surface area is 142 Å². The van der Waals surface area contributed by atoms with E-state index in [4.69, 9.17) is 5.73 Å². The SMILES string of the molecule is CCN[C@H]1CCCN(c2c(F)cc(C(N)=O)c3c2C(C)=C(C)C3)C1. The van der Waals surface area contributed by atoms with Gasteiger partial charge in [0.25, 0.3) is 0 Å². The Bertz CT molecular complexity index is 709. The first kappa shape index (κ1) is 17.0. The third-order valence-corrected chi connectivity index (χ3v) is 5.31. The molecule has 1 heterocycles. The van der Waals surface area contributed by atoms with Crippen molar-refractivity contribution in [1.82, 2.24) is 5.32 Å². The fourth-order valence-corrected chi connectivity index (χ4v) is 4.04. The number of halogens is 1. The summed E-state index contributed by atoms with van der Waals surface area (Å²) >= 11 is 0. The van der Waals surface area contributed by atoms with Gasteiger partial charge in [0.15, 0.2) is 0 Å². The molecule has 0 radical (unpaired) electrons. The molecule has 130 valence electrons. The molecule has 1 amide bonds. The van der Waals surface area contributed by atoms with Crippen LogP contribution < -0.4 is 16.0 Å². The fraction of sp³-hybridized carbons (Fsp3) is 0.526. The van der Waals surface area contributed by atoms with Crippen LogP contribution in [0.5, 0.6) is 0 Å². The highest BCUT2D eigenvalue weighted by Crippen LogP contribution is 2.43. The van der Waals surface area contributed by atoms with Gasteiger partial charge in [-0.1, -0.05) is 12.5 Å². The smallest absolute Gasteiger partial charge is 0.249 e. The number of nitrogens with zero attached hydrogens (tertiary/aromatic N) is 1. The zero-order valence-electron chi connectivity index (χ0n) is 14.7. The number of anilines is 1. The van der Waals surface area contributed by atoms with Crippen molar-refractivity contribution in [3.63, 3.8) is 0 Å². The van der Waals surface area contributed by atoms with E-state index in [1.165, 1.54) is 11.6 Å². The number of nitrogens with two attached hydrogens (primary N) is 1. The minimum absolute atomic E-state index is 0.322. The summed E-state index contributed by atoms with van der Waals surface area (Å²) < 4.78 is 15.0. The lowest BCUT2D eigenvalue weighted by Gasteiger charge is -2.36. The standard InChI is InChI=1S/C19H26FN3O/c1-4-22-13-6-5-7-23(10-13)18-16(20)9-15(19(21)24)14-8-11(2)12(3)17(14)18/h9,13,22H,4-8,10H2,1-3H3,(H2,21,24)/t13-/m0/s1. The van der Waals surface area contributed by atoms with Gasteiger partial charge < -0.3 is 16.0 Å². The quantitative estimate of drug-likeness (QED) is 0.892. The third kappa shape index (κ3) is 2.81. The maximum Gasteiger partial charge on any atom is 0.249 e. The normalized spacial score (nSPS) is 20.5. The number of benzene rings is 1. The predicted octanol–water partition coefficient (Wildman–Crippen LogP) is 2.85. The van der Waals surface area contributed by atoms with Crippen LogP contribution in [0.1, 0.15) is 55.1 Å². The van der Waals surface area contributed by atoms with Gasteiger partial charge in [-0.2, -0.15) is 0 Å². The maximum absolute atomic E-state index is 15.0. The number of amides is 1. The van der Waals surface area contributed by atoms with Gasteiger partial charge in [-0.25, -0.2) is 4.39 Å². The number of fused-ring (bicyclic) bond motifs is 1. The summed E-state index contributed by atoms with van der Waals surface area (Å²) in [4.78, 5) is 13.9. The van der Waals surface area contributed by atoms with E-state index in [0.29, 0.717) is 23.7 Å². The van der Waals surface area contributed by atoms with Crippen molar-refractivity contribution in [3.05, 3.63) is 34.1 Å². The number of piperidine rings is 1. The molecule has 1 fully saturated rings. The van der Waals surface area contributed by atoms with Crippen LogP contribution in [-0.4, -0.2) is 31.6 Å². The van der Waals surface area contributed by atoms with Crippen LogP contribution in [0, 0.1) is 5.82 Å². The van der Waals surface area contributed by atoms with Gasteiger partial charge >= 0.3 is 0 Å². The highest BCUT2D eigenvalue weighted by Gasteiger charge is 2.31. The molecule has 3 N–H and O–H groups in total. The summed E-state index contributed by atoms with van der Waals surface area (Å²) in [5.41, 5.74) is 10.5. The maximum atomic E-state index is 15.0. The molecule has 1 aromatic carbocycles. The molecule has 4 nitrogen and oxygen atoms in total. The largest absolute Gasteiger partial charge is 0.367 e. The van der Waals surface area contributed by atoms with Gasteiger partial charge in [-0.05, 0) is 56.9 Å². The molecule has 1 aliphatic carbocycles. The number of carbonyl (C=O) groups excluding carboxylic acids is 1. The van der Waals surface area contributed by atoms with Gasteiger partial charge in [-0.3, -0.25) is 4.79 Å². The second kappa shape index (κ2) is 6.55. The van der Waals surface area contributed by atoms with Crippen molar-refractivity contribution in [1.29, 1.82) is 0 Å². The van der Waals surface area contributed by atoms with Crippen LogP contribution in [-0.2, 0) is 6.42 Å². The van der Waals surface area contributed by atoms with Crippen molar-refractivity contribution in [3.8, 4) is 0 Å². The van der Waals surface area contributed by atoms with E-state index < -0.39 is 5.91 Å². The average molecular weight is 331 g/mol. The summed E-state index contributed by atoms with van der Waals surface area (Å²) in [5.74, 6) is -0.892. The Morgan fingerprint density at radius 3 is 2.88 bits per heavy atom. The van der Waals surface area contributed by atoms with Gasteiger partial charge in [0.05, 0.1) is 5.69 Å². The second-order valence-corrected chi connectivity index (χ2v) is 6.90. The van der Waals surface area contributed by atoms with Crippen molar-refractivity contribution < 1.29 is 9.18 Å². The highest BCUT2D eigenvalue weighted by atomic mass is 19.1. The monoisotopic (exact) mass is 331 g/mol. The zero-order valence-corrected chi connectivity index (χ0v) is 14.7. The van der Waals surface area contributed by atoms with E-state index in [-0.39, 0.29) is 5.82 Å². The first-order chi connectivity index (χ1) is 11.4. The average Bonchev–Trinajstić information content (AvgIpc) is 2.83. The lowest BCUT2D eigenvalue weighted by Crippen LogP contribution is -2.46. The number of rotatable bonds is 4. The molecule has 1 atom stereocenters. The molecular formula is C19H26FN3O. The summed E-state index contributed by atoms with van der Waals surface area (Å²) in [7, 11) is 0.